The third kappa shape index (κ3) is 2.86. The maximum Gasteiger partial charge on any atom is 0.293 e. The molecule has 1 N–H and O–H groups in total. The average Bonchev–Trinajstić information content (AvgIpc) is 2.28. The fourth-order valence-corrected chi connectivity index (χ4v) is 1.55. The summed E-state index contributed by atoms with van der Waals surface area (Å²) >= 11 is 10.7. The Morgan fingerprint density at radius 1 is 1.53 bits per heavy atom. The van der Waals surface area contributed by atoms with Gasteiger partial charge in [-0.3, -0.25) is 9.89 Å². The van der Waals surface area contributed by atoms with E-state index in [0.29, 0.717) is 5.02 Å². The molecule has 0 unspecified atom stereocenters. The van der Waals surface area contributed by atoms with Gasteiger partial charge in [0.2, 0.25) is 4.77 Å². The van der Waals surface area contributed by atoms with Crippen LogP contribution in [-0.2, 0) is 0 Å². The molecule has 5 nitrogen and oxygen atoms in total. The third-order valence-electron chi connectivity index (χ3n) is 1.91. The zero-order valence-corrected chi connectivity index (χ0v) is 10.1. The highest BCUT2D eigenvalue weighted by Gasteiger charge is 1.95. The van der Waals surface area contributed by atoms with Crippen molar-refractivity contribution >= 4 is 30.0 Å². The van der Waals surface area contributed by atoms with E-state index in [1.807, 2.05) is 6.07 Å². The molecule has 0 spiro atoms. The second-order valence-electron chi connectivity index (χ2n) is 3.12. The predicted molar refractivity (Wildman–Crippen MR) is 68.1 cm³/mol. The number of hydrogen-bond donors (Lipinski definition) is 1. The van der Waals surface area contributed by atoms with Gasteiger partial charge in [0.15, 0.2) is 0 Å². The van der Waals surface area contributed by atoms with Gasteiger partial charge in [0.25, 0.3) is 5.56 Å². The minimum absolute atomic E-state index is 0.135. The molecule has 0 atom stereocenters. The molecule has 0 radical (unpaired) electrons. The number of nitrogens with one attached hydrogen (secondary N) is 1. The minimum Gasteiger partial charge on any atom is -0.265 e. The zero-order chi connectivity index (χ0) is 12.3. The molecule has 0 aliphatic rings. The summed E-state index contributed by atoms with van der Waals surface area (Å²) in [6, 6.07) is 7.09. The van der Waals surface area contributed by atoms with Gasteiger partial charge < -0.3 is 0 Å². The Hall–Kier alpha value is -1.79. The molecule has 1 aromatic heterocycles. The quantitative estimate of drug-likeness (QED) is 0.666. The standard InChI is InChI=1S/C10H7ClN4OS/c11-8-3-1-2-7(4-8)5-13-15-9(16)6-12-14-10(15)17/h1-6H,(H,14,17)/b13-5+. The molecule has 0 saturated carbocycles. The van der Waals surface area contributed by atoms with Crippen molar-refractivity contribution in [2.24, 2.45) is 5.10 Å². The molecule has 0 saturated heterocycles. The fraction of sp³-hybridized carbons (Fsp3) is 0. The highest BCUT2D eigenvalue weighted by atomic mass is 35.5. The molecule has 0 fully saturated rings. The lowest BCUT2D eigenvalue weighted by Gasteiger charge is -1.96. The third-order valence-corrected chi connectivity index (χ3v) is 2.41. The lowest BCUT2D eigenvalue weighted by atomic mass is 10.2. The van der Waals surface area contributed by atoms with Gasteiger partial charge in [0, 0.05) is 5.02 Å². The van der Waals surface area contributed by atoms with Crippen molar-refractivity contribution in [3.8, 4) is 0 Å². The van der Waals surface area contributed by atoms with Crippen LogP contribution in [0.1, 0.15) is 5.56 Å². The summed E-state index contributed by atoms with van der Waals surface area (Å²) in [7, 11) is 0. The van der Waals surface area contributed by atoms with Gasteiger partial charge >= 0.3 is 0 Å². The van der Waals surface area contributed by atoms with Crippen LogP contribution in [0, 0.1) is 4.77 Å². The van der Waals surface area contributed by atoms with Crippen LogP contribution in [0.15, 0.2) is 40.4 Å². The number of nitrogens with zero attached hydrogens (tertiary/aromatic N) is 3. The largest absolute Gasteiger partial charge is 0.293 e. The first kappa shape index (κ1) is 11.7. The Balaban J connectivity index is 2.39. The monoisotopic (exact) mass is 266 g/mol. The van der Waals surface area contributed by atoms with Crippen molar-refractivity contribution in [2.75, 3.05) is 0 Å². The Morgan fingerprint density at radius 2 is 2.35 bits per heavy atom. The molecule has 0 bridgehead atoms. The first-order chi connectivity index (χ1) is 8.16. The maximum absolute atomic E-state index is 11.4. The van der Waals surface area contributed by atoms with Crippen LogP contribution in [0.3, 0.4) is 0 Å². The predicted octanol–water partition coefficient (Wildman–Crippen LogP) is 1.84. The van der Waals surface area contributed by atoms with Crippen LogP contribution in [-0.4, -0.2) is 21.1 Å². The van der Waals surface area contributed by atoms with E-state index in [2.05, 4.69) is 15.3 Å². The molecule has 86 valence electrons. The van der Waals surface area contributed by atoms with E-state index in [1.54, 1.807) is 18.2 Å². The highest BCUT2D eigenvalue weighted by molar-refractivity contribution is 7.71. The number of aromatic nitrogens is 3. The second-order valence-corrected chi connectivity index (χ2v) is 3.95. The van der Waals surface area contributed by atoms with E-state index in [1.165, 1.54) is 6.21 Å². The van der Waals surface area contributed by atoms with Gasteiger partial charge in [0.05, 0.1) is 6.21 Å². The van der Waals surface area contributed by atoms with E-state index in [4.69, 9.17) is 23.8 Å². The summed E-state index contributed by atoms with van der Waals surface area (Å²) < 4.78 is 1.18. The van der Waals surface area contributed by atoms with Crippen molar-refractivity contribution in [3.05, 3.63) is 56.2 Å². The van der Waals surface area contributed by atoms with E-state index in [0.717, 1.165) is 16.4 Å². The first-order valence-corrected chi connectivity index (χ1v) is 5.42. The molecule has 0 aliphatic heterocycles. The van der Waals surface area contributed by atoms with Gasteiger partial charge in [-0.1, -0.05) is 23.7 Å². The maximum atomic E-state index is 11.4. The topological polar surface area (TPSA) is 63.0 Å². The van der Waals surface area contributed by atoms with Crippen molar-refractivity contribution in [1.29, 1.82) is 0 Å². The van der Waals surface area contributed by atoms with Gasteiger partial charge in [0.1, 0.15) is 6.20 Å². The summed E-state index contributed by atoms with van der Waals surface area (Å²) in [5.41, 5.74) is 0.377. The lowest BCUT2D eigenvalue weighted by Crippen LogP contribution is -2.18. The number of benzene rings is 1. The van der Waals surface area contributed by atoms with Crippen molar-refractivity contribution in [1.82, 2.24) is 14.9 Å². The van der Waals surface area contributed by atoms with E-state index in [-0.39, 0.29) is 4.77 Å². The summed E-state index contributed by atoms with van der Waals surface area (Å²) in [4.78, 5) is 11.4. The molecular weight excluding hydrogens is 260 g/mol. The van der Waals surface area contributed by atoms with Crippen molar-refractivity contribution in [2.45, 2.75) is 0 Å². The number of hydrogen-bond acceptors (Lipinski definition) is 4. The van der Waals surface area contributed by atoms with E-state index < -0.39 is 5.56 Å². The van der Waals surface area contributed by atoms with Crippen LogP contribution in [0.4, 0.5) is 0 Å². The smallest absolute Gasteiger partial charge is 0.265 e. The normalized spacial score (nSPS) is 10.9. The van der Waals surface area contributed by atoms with Gasteiger partial charge in [-0.25, -0.2) is 0 Å². The molecule has 2 rings (SSSR count). The first-order valence-electron chi connectivity index (χ1n) is 4.63. The Kier molecular flexibility index (Phi) is 3.46. The Bertz CT molecular complexity index is 648. The molecule has 7 heteroatoms. The van der Waals surface area contributed by atoms with Crippen molar-refractivity contribution in [3.63, 3.8) is 0 Å². The van der Waals surface area contributed by atoms with Gasteiger partial charge in [-0.15, -0.1) is 0 Å². The molecule has 2 aromatic rings. The molecule has 17 heavy (non-hydrogen) atoms. The number of rotatable bonds is 2. The molecule has 1 aromatic carbocycles. The summed E-state index contributed by atoms with van der Waals surface area (Å²) in [5.74, 6) is 0. The highest BCUT2D eigenvalue weighted by Crippen LogP contribution is 2.08. The summed E-state index contributed by atoms with van der Waals surface area (Å²) in [5, 5.41) is 10.6. The van der Waals surface area contributed by atoms with Crippen molar-refractivity contribution < 1.29 is 0 Å². The van der Waals surface area contributed by atoms with Gasteiger partial charge in [-0.2, -0.15) is 14.9 Å². The molecule has 0 aliphatic carbocycles. The SMILES string of the molecule is O=c1cn[nH]c(=S)n1/N=C/c1cccc(Cl)c1. The van der Waals surface area contributed by atoms with E-state index in [9.17, 15) is 4.79 Å². The average molecular weight is 267 g/mol. The Morgan fingerprint density at radius 3 is 3.06 bits per heavy atom. The Labute approximate surface area is 106 Å². The van der Waals surface area contributed by atoms with Crippen LogP contribution < -0.4 is 5.56 Å². The number of halogens is 1. The lowest BCUT2D eigenvalue weighted by molar-refractivity contribution is 0.738. The molecular formula is C10H7ClN4OS. The summed E-state index contributed by atoms with van der Waals surface area (Å²) in [6.45, 7) is 0. The molecule has 0 amide bonds. The summed E-state index contributed by atoms with van der Waals surface area (Å²) in [6.07, 6.45) is 2.60. The van der Waals surface area contributed by atoms with Crippen LogP contribution in [0.5, 0.6) is 0 Å². The number of aromatic amines is 1. The molecule has 1 heterocycles. The number of H-pyrrole nitrogens is 1. The fourth-order valence-electron chi connectivity index (χ4n) is 1.17. The zero-order valence-electron chi connectivity index (χ0n) is 8.50. The second kappa shape index (κ2) is 5.03. The van der Waals surface area contributed by atoms with Crippen LogP contribution >= 0.6 is 23.8 Å². The van der Waals surface area contributed by atoms with E-state index >= 15 is 0 Å². The van der Waals surface area contributed by atoms with Crippen LogP contribution in [0.25, 0.3) is 0 Å². The minimum atomic E-state index is -0.396. The van der Waals surface area contributed by atoms with Crippen LogP contribution in [0.2, 0.25) is 5.02 Å². The van der Waals surface area contributed by atoms with Gasteiger partial charge in [-0.05, 0) is 29.9 Å².